The molecule has 2 fully saturated rings. The first-order valence-electron chi connectivity index (χ1n) is 6.29. The van der Waals surface area contributed by atoms with E-state index >= 15 is 0 Å². The van der Waals surface area contributed by atoms with E-state index in [0.29, 0.717) is 6.54 Å². The predicted octanol–water partition coefficient (Wildman–Crippen LogP) is 2.47. The Hall–Kier alpha value is -0.610. The van der Waals surface area contributed by atoms with E-state index in [1.54, 1.807) is 0 Å². The molecule has 2 aliphatic carbocycles. The third-order valence-corrected chi connectivity index (χ3v) is 4.57. The fourth-order valence-corrected chi connectivity index (χ4v) is 3.39. The van der Waals surface area contributed by atoms with E-state index in [4.69, 9.17) is 10.7 Å². The highest BCUT2D eigenvalue weighted by Gasteiger charge is 2.33. The summed E-state index contributed by atoms with van der Waals surface area (Å²) in [6.45, 7) is 3.96. The van der Waals surface area contributed by atoms with Gasteiger partial charge in [0.2, 0.25) is 0 Å². The van der Waals surface area contributed by atoms with Crippen LogP contribution in [0.3, 0.4) is 0 Å². The van der Waals surface area contributed by atoms with Crippen molar-refractivity contribution in [3.8, 4) is 0 Å². The van der Waals surface area contributed by atoms with Gasteiger partial charge >= 0.3 is 0 Å². The average molecular weight is 237 g/mol. The topological polar surface area (TPSA) is 42.2 Å². The van der Waals surface area contributed by atoms with Crippen molar-refractivity contribution in [1.29, 1.82) is 0 Å². The van der Waals surface area contributed by atoms with Crippen LogP contribution in [0.25, 0.3) is 0 Å². The molecule has 3 rings (SSSR count). The molecule has 0 amide bonds. The largest absolute Gasteiger partial charge is 0.345 e. The number of hydrogen-bond donors (Lipinski definition) is 1. The van der Waals surface area contributed by atoms with Gasteiger partial charge in [0.25, 0.3) is 0 Å². The summed E-state index contributed by atoms with van der Waals surface area (Å²) in [5.74, 6) is 0.724. The zero-order chi connectivity index (χ0) is 11.1. The fraction of sp³-hybridized carbons (Fsp3) is 0.750. The second-order valence-electron chi connectivity index (χ2n) is 4.80. The zero-order valence-electron chi connectivity index (χ0n) is 9.78. The predicted molar refractivity (Wildman–Crippen MR) is 68.0 cm³/mol. The molecule has 88 valence electrons. The molecule has 0 saturated heterocycles. The molecule has 0 aliphatic heterocycles. The van der Waals surface area contributed by atoms with E-state index in [0.717, 1.165) is 18.5 Å². The molecule has 0 spiro atoms. The lowest BCUT2D eigenvalue weighted by atomic mass is 10.2. The molecule has 16 heavy (non-hydrogen) atoms. The number of nitrogens with two attached hydrogens (primary N) is 1. The average Bonchev–Trinajstić information content (AvgIpc) is 3.18. The smallest absolute Gasteiger partial charge is 0.186 e. The SMILES string of the molecule is CCN(c1nc(C2CC2)c(CN)s1)C1CC1. The van der Waals surface area contributed by atoms with Crippen LogP contribution >= 0.6 is 11.3 Å². The van der Waals surface area contributed by atoms with Gasteiger partial charge in [0.1, 0.15) is 0 Å². The van der Waals surface area contributed by atoms with Gasteiger partial charge in [0, 0.05) is 29.9 Å². The molecule has 0 atom stereocenters. The minimum Gasteiger partial charge on any atom is -0.345 e. The van der Waals surface area contributed by atoms with Crippen molar-refractivity contribution in [1.82, 2.24) is 4.98 Å². The zero-order valence-corrected chi connectivity index (χ0v) is 10.6. The minimum absolute atomic E-state index is 0.658. The highest BCUT2D eigenvalue weighted by molar-refractivity contribution is 7.15. The summed E-state index contributed by atoms with van der Waals surface area (Å²) >= 11 is 1.82. The normalized spacial score (nSPS) is 20.1. The van der Waals surface area contributed by atoms with Crippen LogP contribution in [0.1, 0.15) is 49.1 Å². The summed E-state index contributed by atoms with van der Waals surface area (Å²) in [5.41, 5.74) is 7.12. The molecular formula is C12H19N3S. The lowest BCUT2D eigenvalue weighted by Crippen LogP contribution is -2.24. The maximum Gasteiger partial charge on any atom is 0.186 e. The molecule has 3 nitrogen and oxygen atoms in total. The molecule has 0 aromatic carbocycles. The van der Waals surface area contributed by atoms with E-state index in [-0.39, 0.29) is 0 Å². The van der Waals surface area contributed by atoms with E-state index in [9.17, 15) is 0 Å². The third-order valence-electron chi connectivity index (χ3n) is 3.44. The Balaban J connectivity index is 1.88. The van der Waals surface area contributed by atoms with Crippen molar-refractivity contribution in [3.63, 3.8) is 0 Å². The summed E-state index contributed by atoms with van der Waals surface area (Å²) in [6.07, 6.45) is 5.30. The molecule has 1 aromatic rings. The van der Waals surface area contributed by atoms with Gasteiger partial charge in [-0.25, -0.2) is 4.98 Å². The number of hydrogen-bond acceptors (Lipinski definition) is 4. The summed E-state index contributed by atoms with van der Waals surface area (Å²) < 4.78 is 0. The van der Waals surface area contributed by atoms with Crippen LogP contribution in [0.15, 0.2) is 0 Å². The summed E-state index contributed by atoms with van der Waals surface area (Å²) in [5, 5.41) is 1.22. The van der Waals surface area contributed by atoms with Crippen LogP contribution in [0, 0.1) is 0 Å². The Kier molecular flexibility index (Phi) is 2.64. The highest BCUT2D eigenvalue weighted by atomic mass is 32.1. The number of anilines is 1. The van der Waals surface area contributed by atoms with Gasteiger partial charge in [-0.2, -0.15) is 0 Å². The highest BCUT2D eigenvalue weighted by Crippen LogP contribution is 2.45. The van der Waals surface area contributed by atoms with Gasteiger partial charge in [0.05, 0.1) is 5.69 Å². The Morgan fingerprint density at radius 2 is 2.12 bits per heavy atom. The van der Waals surface area contributed by atoms with E-state index in [2.05, 4.69) is 11.8 Å². The first kappa shape index (κ1) is 10.5. The Labute approximate surface area is 101 Å². The summed E-state index contributed by atoms with van der Waals surface area (Å²) in [7, 11) is 0. The molecule has 0 bridgehead atoms. The lowest BCUT2D eigenvalue weighted by molar-refractivity contribution is 0.815. The van der Waals surface area contributed by atoms with Crippen LogP contribution in [0.4, 0.5) is 5.13 Å². The molecule has 0 unspecified atom stereocenters. The van der Waals surface area contributed by atoms with Gasteiger partial charge in [-0.1, -0.05) is 0 Å². The monoisotopic (exact) mass is 237 g/mol. The van der Waals surface area contributed by atoms with Gasteiger partial charge in [-0.05, 0) is 32.6 Å². The molecule has 2 N–H and O–H groups in total. The van der Waals surface area contributed by atoms with Crippen LogP contribution in [-0.2, 0) is 6.54 Å². The minimum atomic E-state index is 0.658. The molecule has 1 heterocycles. The molecule has 4 heteroatoms. The summed E-state index contributed by atoms with van der Waals surface area (Å²) in [4.78, 5) is 8.61. The van der Waals surface area contributed by atoms with Crippen LogP contribution in [0.5, 0.6) is 0 Å². The molecule has 2 saturated carbocycles. The Bertz CT molecular complexity index is 380. The first-order valence-corrected chi connectivity index (χ1v) is 7.11. The molecule has 2 aliphatic rings. The second-order valence-corrected chi connectivity index (χ2v) is 5.86. The standard InChI is InChI=1S/C12H19N3S/c1-2-15(9-5-6-9)12-14-11(8-3-4-8)10(7-13)16-12/h8-9H,2-7,13H2,1H3. The third kappa shape index (κ3) is 1.84. The van der Waals surface area contributed by atoms with Crippen molar-refractivity contribution in [2.24, 2.45) is 5.73 Å². The maximum atomic E-state index is 5.81. The van der Waals surface area contributed by atoms with E-state index in [1.807, 2.05) is 11.3 Å². The molecular weight excluding hydrogens is 218 g/mol. The molecule has 0 radical (unpaired) electrons. The number of aromatic nitrogens is 1. The fourth-order valence-electron chi connectivity index (χ4n) is 2.23. The van der Waals surface area contributed by atoms with Crippen molar-refractivity contribution in [2.45, 2.75) is 51.1 Å². The quantitative estimate of drug-likeness (QED) is 0.855. The van der Waals surface area contributed by atoms with E-state index in [1.165, 1.54) is 41.4 Å². The lowest BCUT2D eigenvalue weighted by Gasteiger charge is -2.18. The Morgan fingerprint density at radius 1 is 1.38 bits per heavy atom. The number of thiazole rings is 1. The van der Waals surface area contributed by atoms with Crippen molar-refractivity contribution in [3.05, 3.63) is 10.6 Å². The number of nitrogens with zero attached hydrogens (tertiary/aromatic N) is 2. The van der Waals surface area contributed by atoms with Gasteiger partial charge in [-0.15, -0.1) is 11.3 Å². The first-order chi connectivity index (χ1) is 7.83. The summed E-state index contributed by atoms with van der Waals surface area (Å²) in [6, 6.07) is 0.758. The van der Waals surface area contributed by atoms with Gasteiger partial charge in [-0.3, -0.25) is 0 Å². The van der Waals surface area contributed by atoms with Gasteiger partial charge < -0.3 is 10.6 Å². The van der Waals surface area contributed by atoms with Crippen LogP contribution in [0.2, 0.25) is 0 Å². The van der Waals surface area contributed by atoms with Crippen molar-refractivity contribution >= 4 is 16.5 Å². The molecule has 1 aromatic heterocycles. The van der Waals surface area contributed by atoms with Crippen molar-refractivity contribution < 1.29 is 0 Å². The maximum absolute atomic E-state index is 5.81. The number of rotatable bonds is 5. The second kappa shape index (κ2) is 4.00. The van der Waals surface area contributed by atoms with E-state index < -0.39 is 0 Å². The Morgan fingerprint density at radius 3 is 2.62 bits per heavy atom. The van der Waals surface area contributed by atoms with Gasteiger partial charge in [0.15, 0.2) is 5.13 Å². The van der Waals surface area contributed by atoms with Crippen LogP contribution in [-0.4, -0.2) is 17.6 Å². The van der Waals surface area contributed by atoms with Crippen LogP contribution < -0.4 is 10.6 Å². The van der Waals surface area contributed by atoms with Crippen molar-refractivity contribution in [2.75, 3.05) is 11.4 Å².